The Morgan fingerprint density at radius 2 is 1.53 bits per heavy atom. The number of nitrogens with two attached hydrogens (primary N) is 2. The van der Waals surface area contributed by atoms with Gasteiger partial charge in [0.15, 0.2) is 35.1 Å². The van der Waals surface area contributed by atoms with Gasteiger partial charge in [0.05, 0.1) is 38.0 Å². The van der Waals surface area contributed by atoms with E-state index in [1.54, 1.807) is 0 Å². The number of nitrogen functional groups attached to an aromatic ring is 2. The maximum atomic E-state index is 13.6. The number of ether oxygens (including phenoxy) is 2. The van der Waals surface area contributed by atoms with Crippen LogP contribution in [0.25, 0.3) is 22.3 Å². The number of hydrogen-bond acceptors (Lipinski definition) is 16. The maximum Gasteiger partial charge on any atom is 0.324 e. The highest BCUT2D eigenvalue weighted by Crippen LogP contribution is 2.52. The molecule has 4 aromatic heterocycles. The largest absolute Gasteiger partial charge is 0.387 e. The van der Waals surface area contributed by atoms with Crippen molar-refractivity contribution in [1.29, 1.82) is 0 Å². The van der Waals surface area contributed by atoms with E-state index in [9.17, 15) is 24.5 Å². The molecule has 21 nitrogen and oxygen atoms in total. The van der Waals surface area contributed by atoms with Gasteiger partial charge in [-0.3, -0.25) is 23.5 Å². The van der Waals surface area contributed by atoms with Crippen molar-refractivity contribution < 1.29 is 38.2 Å². The fourth-order valence-electron chi connectivity index (χ4n) is 5.53. The van der Waals surface area contributed by atoms with Gasteiger partial charge in [0.2, 0.25) is 5.95 Å². The van der Waals surface area contributed by atoms with E-state index in [-0.39, 0.29) is 34.1 Å². The Morgan fingerprint density at radius 3 is 2.22 bits per heavy atom. The van der Waals surface area contributed by atoms with Gasteiger partial charge >= 0.3 is 6.72 Å². The van der Waals surface area contributed by atoms with Crippen molar-refractivity contribution in [3.8, 4) is 0 Å². The van der Waals surface area contributed by atoms with Crippen LogP contribution in [-0.4, -0.2) is 104 Å². The van der Waals surface area contributed by atoms with Crippen LogP contribution < -0.4 is 27.2 Å². The molecule has 7 heterocycles. The zero-order chi connectivity index (χ0) is 31.8. The Morgan fingerprint density at radius 1 is 0.933 bits per heavy atom. The molecule has 45 heavy (non-hydrogen) atoms. The number of aromatic amines is 1. The zero-order valence-corrected chi connectivity index (χ0v) is 26.1. The number of rotatable bonds is 2. The molecule has 0 bridgehead atoms. The Balaban J connectivity index is 1.17. The third-order valence-electron chi connectivity index (χ3n) is 7.59. The minimum absolute atomic E-state index is 0.0196. The summed E-state index contributed by atoms with van der Waals surface area (Å²) in [7, 11) is 0. The number of hydrogen-bond donors (Lipinski definition) is 9. The van der Waals surface area contributed by atoms with Gasteiger partial charge in [0.1, 0.15) is 36.3 Å². The highest BCUT2D eigenvalue weighted by Gasteiger charge is 2.51. The van der Waals surface area contributed by atoms with E-state index in [1.807, 2.05) is 0 Å². The number of nitrogens with zero attached hydrogens (tertiary/aromatic N) is 7. The Labute approximate surface area is 261 Å². The van der Waals surface area contributed by atoms with E-state index in [4.69, 9.17) is 41.8 Å². The monoisotopic (exact) mass is 704 g/mol. The minimum atomic E-state index is -4.03. The average Bonchev–Trinajstić information content (AvgIpc) is 3.72. The molecule has 10 atom stereocenters. The topological polar surface area (TPSA) is 298 Å². The van der Waals surface area contributed by atoms with Crippen molar-refractivity contribution in [3.63, 3.8) is 0 Å². The minimum Gasteiger partial charge on any atom is -0.387 e. The lowest BCUT2D eigenvalue weighted by atomic mass is 10.1. The van der Waals surface area contributed by atoms with Gasteiger partial charge in [-0.25, -0.2) is 30.1 Å². The average molecular weight is 705 g/mol. The Kier molecular flexibility index (Phi) is 7.76. The Bertz CT molecular complexity index is 1940. The second kappa shape index (κ2) is 11.3. The SMILES string of the molecule is Nc1nc2c(ncn2[C@@H]2O[C@@H]3COP(O)(=S)NC4[C@@H](COP(=O)(S)N[C@@H]3C2O)O[C@@H](n2cnc3c(N)ncnc32)[C@H]4O)c(=O)[nH]1. The molecule has 3 aliphatic rings. The van der Waals surface area contributed by atoms with Crippen molar-refractivity contribution in [3.05, 3.63) is 29.3 Å². The van der Waals surface area contributed by atoms with Crippen molar-refractivity contribution in [2.45, 2.75) is 49.0 Å². The van der Waals surface area contributed by atoms with Crippen molar-refractivity contribution >= 4 is 71.5 Å². The van der Waals surface area contributed by atoms with Crippen LogP contribution in [0.15, 0.2) is 23.8 Å². The second-order valence-electron chi connectivity index (χ2n) is 10.4. The normalized spacial score (nSPS) is 37.7. The summed E-state index contributed by atoms with van der Waals surface area (Å²) in [5.74, 6) is -0.0705. The number of aliphatic hydroxyl groups is 2. The fraction of sp³-hybridized carbons (Fsp3) is 0.500. The molecule has 3 saturated heterocycles. The molecule has 242 valence electrons. The van der Waals surface area contributed by atoms with Gasteiger partial charge in [-0.05, 0) is 11.8 Å². The van der Waals surface area contributed by atoms with Gasteiger partial charge in [0, 0.05) is 0 Å². The summed E-state index contributed by atoms with van der Waals surface area (Å²) in [5, 5.41) is 28.1. The first-order valence-corrected chi connectivity index (χ1v) is 18.6. The second-order valence-corrected chi connectivity index (χ2v) is 16.6. The standard InChI is InChI=1S/C20H26N12O9P2S2/c21-14-10-15(24-3-23-14)31(4-25-10)18-12(33)8-6(40-18)1-38-43(37,45)30-9-7(2-39-42(36,44)29-8)41-19(13(9)34)32-5-26-11-16(32)27-20(22)28-17(11)35/h3-9,12-13,18-19,33-34H,1-2H2,(H2,21,23,24)(H2,29,36,44)(H2,30,37,45)(H3,22,27,28,35)/t6-,7-,8?,9+,12+,13?,18-,19-,42?,43?/m1/s1. The molecular formula is C20H26N12O9P2S2. The van der Waals surface area contributed by atoms with Crippen LogP contribution in [0.3, 0.4) is 0 Å². The summed E-state index contributed by atoms with van der Waals surface area (Å²) in [5.41, 5.74) is 11.5. The summed E-state index contributed by atoms with van der Waals surface area (Å²) in [6.07, 6.45) is -3.53. The lowest BCUT2D eigenvalue weighted by Crippen LogP contribution is -2.47. The van der Waals surface area contributed by atoms with E-state index in [0.29, 0.717) is 0 Å². The van der Waals surface area contributed by atoms with Crippen LogP contribution in [0.5, 0.6) is 0 Å². The number of aliphatic hydroxyl groups excluding tert-OH is 2. The first-order chi connectivity index (χ1) is 21.3. The predicted octanol–water partition coefficient (Wildman–Crippen LogP) is -2.14. The van der Waals surface area contributed by atoms with Gasteiger partial charge < -0.3 is 45.1 Å². The third kappa shape index (κ3) is 5.56. The summed E-state index contributed by atoms with van der Waals surface area (Å²) in [6.45, 7) is -8.77. The first kappa shape index (κ1) is 31.0. The molecule has 0 aliphatic carbocycles. The molecule has 0 spiro atoms. The number of anilines is 2. The lowest BCUT2D eigenvalue weighted by molar-refractivity contribution is -0.0467. The summed E-state index contributed by atoms with van der Waals surface area (Å²) >= 11 is 9.55. The number of nitrogens with one attached hydrogen (secondary N) is 3. The van der Waals surface area contributed by atoms with Gasteiger partial charge in [-0.15, -0.1) is 0 Å². The molecule has 3 fully saturated rings. The smallest absolute Gasteiger partial charge is 0.324 e. The quantitative estimate of drug-likeness (QED) is 0.0794. The van der Waals surface area contributed by atoms with Crippen LogP contribution >= 0.6 is 25.6 Å². The van der Waals surface area contributed by atoms with Crippen LogP contribution in [0.1, 0.15) is 12.5 Å². The van der Waals surface area contributed by atoms with E-state index >= 15 is 0 Å². The molecule has 0 amide bonds. The zero-order valence-electron chi connectivity index (χ0n) is 22.6. The van der Waals surface area contributed by atoms with Gasteiger partial charge in [0.25, 0.3) is 12.2 Å². The Hall–Kier alpha value is -2.63. The molecular weight excluding hydrogens is 678 g/mol. The molecule has 25 heteroatoms. The lowest BCUT2D eigenvalue weighted by Gasteiger charge is -2.31. The molecule has 0 saturated carbocycles. The summed E-state index contributed by atoms with van der Waals surface area (Å²) < 4.78 is 39.7. The van der Waals surface area contributed by atoms with Crippen LogP contribution in [0, 0.1) is 0 Å². The third-order valence-corrected chi connectivity index (χ3v) is 11.2. The molecule has 0 radical (unpaired) electrons. The van der Waals surface area contributed by atoms with Gasteiger partial charge in [-0.1, -0.05) is 12.2 Å². The number of imidazole rings is 2. The van der Waals surface area contributed by atoms with Crippen LogP contribution in [0.2, 0.25) is 0 Å². The van der Waals surface area contributed by atoms with Crippen molar-refractivity contribution in [2.75, 3.05) is 24.7 Å². The van der Waals surface area contributed by atoms with Crippen molar-refractivity contribution in [1.82, 2.24) is 49.2 Å². The maximum absolute atomic E-state index is 13.6. The molecule has 10 N–H and O–H groups in total. The number of fused-ring (bicyclic) bond motifs is 4. The predicted molar refractivity (Wildman–Crippen MR) is 161 cm³/mol. The molecule has 4 unspecified atom stereocenters. The highest BCUT2D eigenvalue weighted by atomic mass is 32.7. The highest BCUT2D eigenvalue weighted by molar-refractivity contribution is 8.45. The molecule has 4 aromatic rings. The van der Waals surface area contributed by atoms with E-state index in [1.165, 1.54) is 28.1 Å². The number of H-pyrrole nitrogens is 1. The van der Waals surface area contributed by atoms with Crippen LogP contribution in [-0.2, 0) is 34.9 Å². The summed E-state index contributed by atoms with van der Waals surface area (Å²) in [6, 6.07) is -2.26. The van der Waals surface area contributed by atoms with Gasteiger partial charge in [-0.2, -0.15) is 4.98 Å². The van der Waals surface area contributed by atoms with Crippen LogP contribution in [0.4, 0.5) is 11.8 Å². The molecule has 0 aromatic carbocycles. The fourth-order valence-corrected chi connectivity index (χ4v) is 8.92. The number of thiol groups is 1. The van der Waals surface area contributed by atoms with E-state index < -0.39 is 81.1 Å². The number of aromatic nitrogens is 8. The van der Waals surface area contributed by atoms with E-state index in [2.05, 4.69) is 52.3 Å². The summed E-state index contributed by atoms with van der Waals surface area (Å²) in [4.78, 5) is 46.1. The molecule has 3 aliphatic heterocycles. The van der Waals surface area contributed by atoms with Crippen molar-refractivity contribution in [2.24, 2.45) is 0 Å². The molecule has 7 rings (SSSR count). The van der Waals surface area contributed by atoms with E-state index in [0.717, 1.165) is 0 Å². The first-order valence-electron chi connectivity index (χ1n) is 13.1.